The molecule has 0 bridgehead atoms. The fraction of sp³-hybridized carbons (Fsp3) is 0.680. The van der Waals surface area contributed by atoms with Gasteiger partial charge in [0.15, 0.2) is 0 Å². The van der Waals surface area contributed by atoms with Crippen LogP contribution in [0.4, 0.5) is 41.4 Å². The predicted molar refractivity (Wildman–Crippen MR) is 140 cm³/mol. The number of ether oxygens (including phenoxy) is 1. The zero-order valence-electron chi connectivity index (χ0n) is 21.7. The van der Waals surface area contributed by atoms with Gasteiger partial charge < -0.3 is 31.3 Å². The number of aromatic amines is 1. The second-order valence-electron chi connectivity index (χ2n) is 10.7. The Labute approximate surface area is 224 Å². The molecule has 2 aliphatic carbocycles. The first kappa shape index (κ1) is 27.3. The molecule has 11 nitrogen and oxygen atoms in total. The minimum Gasteiger partial charge on any atom is -0.379 e. The normalized spacial score (nSPS) is 27.5. The minimum absolute atomic E-state index is 0.0158. The highest BCUT2D eigenvalue weighted by molar-refractivity contribution is 5.74. The highest BCUT2D eigenvalue weighted by Gasteiger charge is 2.42. The topological polar surface area (TPSA) is 141 Å². The SMILES string of the molecule is O=C(NC1CCC(Nc2nccc(Nc3cc(NC4CCOC4)n[nH]3)n2)CC1)N[C@@H]1CCC[C@H](C(F)(F)F)C1. The summed E-state index contributed by atoms with van der Waals surface area (Å²) >= 11 is 0. The average molecular weight is 552 g/mol. The van der Waals surface area contributed by atoms with Gasteiger partial charge in [0.25, 0.3) is 0 Å². The molecule has 3 fully saturated rings. The molecule has 0 aromatic carbocycles. The first-order valence-electron chi connectivity index (χ1n) is 13.7. The molecular formula is C25H36F3N9O2. The lowest BCUT2D eigenvalue weighted by atomic mass is 9.85. The summed E-state index contributed by atoms with van der Waals surface area (Å²) in [6, 6.07) is 3.23. The Morgan fingerprint density at radius 1 is 0.949 bits per heavy atom. The van der Waals surface area contributed by atoms with Gasteiger partial charge in [0.2, 0.25) is 5.95 Å². The molecule has 1 aliphatic heterocycles. The molecule has 2 saturated carbocycles. The van der Waals surface area contributed by atoms with Crippen LogP contribution in [0.3, 0.4) is 0 Å². The summed E-state index contributed by atoms with van der Waals surface area (Å²) in [5.41, 5.74) is 0. The van der Waals surface area contributed by atoms with Crippen LogP contribution in [0, 0.1) is 5.92 Å². The Hall–Kier alpha value is -3.29. The first-order valence-corrected chi connectivity index (χ1v) is 13.7. The van der Waals surface area contributed by atoms with E-state index in [4.69, 9.17) is 4.74 Å². The van der Waals surface area contributed by atoms with Gasteiger partial charge in [-0.05, 0) is 57.4 Å². The van der Waals surface area contributed by atoms with Gasteiger partial charge in [-0.15, -0.1) is 0 Å². The van der Waals surface area contributed by atoms with Crippen molar-refractivity contribution >= 4 is 29.4 Å². The summed E-state index contributed by atoms with van der Waals surface area (Å²) in [6.45, 7) is 1.43. The lowest BCUT2D eigenvalue weighted by Crippen LogP contribution is -2.49. The number of amides is 2. The second-order valence-corrected chi connectivity index (χ2v) is 10.7. The standard InChI is InChI=1S/C25H36F3N9O2/c26-25(27,28)15-2-1-3-18(12-15)33-24(38)32-17-6-4-16(5-7-17)31-23-29-10-8-20(35-23)34-22-13-21(36-37-22)30-19-9-11-39-14-19/h8,10,13,15-19H,1-7,9,11-12,14H2,(H2,32,33,38)(H4,29,30,31,34,35,36,37)/t15-,16?,17?,18+,19?/m0/s1. The lowest BCUT2D eigenvalue weighted by Gasteiger charge is -2.33. The molecule has 3 atom stereocenters. The molecule has 3 heterocycles. The summed E-state index contributed by atoms with van der Waals surface area (Å²) in [6.07, 6.45) is 2.72. The van der Waals surface area contributed by atoms with Crippen molar-refractivity contribution in [3.05, 3.63) is 18.3 Å². The minimum atomic E-state index is -4.20. The van der Waals surface area contributed by atoms with E-state index in [0.717, 1.165) is 44.5 Å². The van der Waals surface area contributed by atoms with Gasteiger partial charge in [-0.25, -0.2) is 9.78 Å². The smallest absolute Gasteiger partial charge is 0.379 e. The lowest BCUT2D eigenvalue weighted by molar-refractivity contribution is -0.183. The van der Waals surface area contributed by atoms with Gasteiger partial charge >= 0.3 is 12.2 Å². The number of hydrogen-bond donors (Lipinski definition) is 6. The number of aromatic nitrogens is 4. The van der Waals surface area contributed by atoms with E-state index in [1.807, 2.05) is 6.07 Å². The van der Waals surface area contributed by atoms with Gasteiger partial charge in [-0.3, -0.25) is 5.10 Å². The van der Waals surface area contributed by atoms with E-state index in [1.54, 1.807) is 12.3 Å². The largest absolute Gasteiger partial charge is 0.391 e. The van der Waals surface area contributed by atoms with Gasteiger partial charge in [0, 0.05) is 37.0 Å². The predicted octanol–water partition coefficient (Wildman–Crippen LogP) is 4.29. The van der Waals surface area contributed by atoms with Gasteiger partial charge in [0.1, 0.15) is 17.5 Å². The zero-order valence-corrected chi connectivity index (χ0v) is 21.7. The molecule has 2 aromatic heterocycles. The van der Waals surface area contributed by atoms with Crippen molar-refractivity contribution in [2.24, 2.45) is 5.92 Å². The summed E-state index contributed by atoms with van der Waals surface area (Å²) in [5.74, 6) is 1.23. The Balaban J connectivity index is 1.03. The summed E-state index contributed by atoms with van der Waals surface area (Å²) in [4.78, 5) is 21.3. The monoisotopic (exact) mass is 551 g/mol. The maximum absolute atomic E-state index is 13.0. The number of H-pyrrole nitrogens is 1. The number of nitrogens with one attached hydrogen (secondary N) is 6. The third-order valence-electron chi connectivity index (χ3n) is 7.65. The van der Waals surface area contributed by atoms with Crippen molar-refractivity contribution in [3.8, 4) is 0 Å². The maximum atomic E-state index is 13.0. The first-order chi connectivity index (χ1) is 18.8. The summed E-state index contributed by atoms with van der Waals surface area (Å²) in [5, 5.41) is 22.8. The van der Waals surface area contributed by atoms with E-state index in [2.05, 4.69) is 46.7 Å². The molecule has 1 unspecified atom stereocenters. The molecule has 0 spiro atoms. The van der Waals surface area contributed by atoms with Gasteiger partial charge in [-0.1, -0.05) is 6.42 Å². The third kappa shape index (κ3) is 7.87. The van der Waals surface area contributed by atoms with Crippen LogP contribution in [0.15, 0.2) is 18.3 Å². The van der Waals surface area contributed by atoms with E-state index >= 15 is 0 Å². The molecule has 3 aliphatic rings. The molecule has 1 saturated heterocycles. The van der Waals surface area contributed by atoms with Crippen molar-refractivity contribution in [3.63, 3.8) is 0 Å². The van der Waals surface area contributed by atoms with Crippen LogP contribution in [-0.2, 0) is 4.74 Å². The van der Waals surface area contributed by atoms with Crippen molar-refractivity contribution in [1.82, 2.24) is 30.8 Å². The molecule has 2 amide bonds. The van der Waals surface area contributed by atoms with Crippen LogP contribution in [-0.4, -0.2) is 69.8 Å². The zero-order chi connectivity index (χ0) is 27.2. The van der Waals surface area contributed by atoms with Gasteiger partial charge in [0.05, 0.1) is 18.6 Å². The number of carbonyl (C=O) groups excluding carboxylic acids is 1. The highest BCUT2D eigenvalue weighted by Crippen LogP contribution is 2.37. The quantitative estimate of drug-likeness (QED) is 0.286. The van der Waals surface area contributed by atoms with Crippen LogP contribution in [0.25, 0.3) is 0 Å². The molecule has 2 aromatic rings. The van der Waals surface area contributed by atoms with Crippen molar-refractivity contribution in [2.75, 3.05) is 29.2 Å². The van der Waals surface area contributed by atoms with Crippen LogP contribution in [0.2, 0.25) is 0 Å². The van der Waals surface area contributed by atoms with E-state index in [0.29, 0.717) is 37.0 Å². The number of alkyl halides is 3. The average Bonchev–Trinajstić information content (AvgIpc) is 3.57. The fourth-order valence-electron chi connectivity index (χ4n) is 5.55. The van der Waals surface area contributed by atoms with E-state index in [-0.39, 0.29) is 37.0 Å². The number of anilines is 4. The van der Waals surface area contributed by atoms with Crippen molar-refractivity contribution in [2.45, 2.75) is 88.1 Å². The second kappa shape index (κ2) is 12.3. The summed E-state index contributed by atoms with van der Waals surface area (Å²) < 4.78 is 44.5. The highest BCUT2D eigenvalue weighted by atomic mass is 19.4. The molecular weight excluding hydrogens is 515 g/mol. The number of halogens is 3. The van der Waals surface area contributed by atoms with E-state index in [9.17, 15) is 18.0 Å². The Bertz CT molecular complexity index is 1080. The van der Waals surface area contributed by atoms with Crippen LogP contribution in [0.5, 0.6) is 0 Å². The Morgan fingerprint density at radius 3 is 2.51 bits per heavy atom. The number of nitrogens with zero attached hydrogens (tertiary/aromatic N) is 3. The Morgan fingerprint density at radius 2 is 1.74 bits per heavy atom. The van der Waals surface area contributed by atoms with Crippen LogP contribution >= 0.6 is 0 Å². The number of rotatable bonds is 8. The van der Waals surface area contributed by atoms with Crippen LogP contribution < -0.4 is 26.6 Å². The number of hydrogen-bond acceptors (Lipinski definition) is 8. The molecule has 214 valence electrons. The Kier molecular flexibility index (Phi) is 8.58. The third-order valence-corrected chi connectivity index (χ3v) is 7.65. The van der Waals surface area contributed by atoms with Gasteiger partial charge in [-0.2, -0.15) is 23.3 Å². The molecule has 39 heavy (non-hydrogen) atoms. The molecule has 14 heteroatoms. The number of urea groups is 1. The van der Waals surface area contributed by atoms with Crippen LogP contribution in [0.1, 0.15) is 57.8 Å². The fourth-order valence-corrected chi connectivity index (χ4v) is 5.55. The molecule has 5 rings (SSSR count). The van der Waals surface area contributed by atoms with E-state index < -0.39 is 18.1 Å². The summed E-state index contributed by atoms with van der Waals surface area (Å²) in [7, 11) is 0. The number of carbonyl (C=O) groups is 1. The van der Waals surface area contributed by atoms with Crippen molar-refractivity contribution < 1.29 is 22.7 Å². The van der Waals surface area contributed by atoms with E-state index in [1.165, 1.54) is 0 Å². The van der Waals surface area contributed by atoms with Crippen molar-refractivity contribution in [1.29, 1.82) is 0 Å². The molecule has 0 radical (unpaired) electrons. The maximum Gasteiger partial charge on any atom is 0.391 e. The molecule has 6 N–H and O–H groups in total.